The van der Waals surface area contributed by atoms with Gasteiger partial charge in [-0.1, -0.05) is 6.07 Å². The van der Waals surface area contributed by atoms with Crippen LogP contribution in [-0.4, -0.2) is 11.5 Å². The van der Waals surface area contributed by atoms with Gasteiger partial charge in [-0.2, -0.15) is 0 Å². The molecule has 0 spiro atoms. The molecule has 12 heavy (non-hydrogen) atoms. The number of pyridine rings is 1. The molecule has 1 aliphatic rings. The molecule has 2 rings (SSSR count). The molecule has 1 aliphatic carbocycles. The SMILES string of the molecule is NC[C@@H]1C[C@H]1c1cccc(Br)n1. The lowest BCUT2D eigenvalue weighted by Gasteiger charge is -1.97. The van der Waals surface area contributed by atoms with Crippen LogP contribution in [0.3, 0.4) is 0 Å². The van der Waals surface area contributed by atoms with E-state index < -0.39 is 0 Å². The molecule has 0 amide bonds. The largest absolute Gasteiger partial charge is 0.330 e. The van der Waals surface area contributed by atoms with E-state index in [1.165, 1.54) is 12.1 Å². The standard InChI is InChI=1S/C9H11BrN2/c10-9-3-1-2-8(12-9)7-4-6(7)5-11/h1-3,6-7H,4-5,11H2/t6-,7+/m0/s1. The van der Waals surface area contributed by atoms with Crippen LogP contribution >= 0.6 is 15.9 Å². The molecule has 0 aliphatic heterocycles. The summed E-state index contributed by atoms with van der Waals surface area (Å²) in [6.07, 6.45) is 1.21. The summed E-state index contributed by atoms with van der Waals surface area (Å²) in [4.78, 5) is 4.39. The Morgan fingerprint density at radius 1 is 1.58 bits per heavy atom. The lowest BCUT2D eigenvalue weighted by atomic mass is 10.2. The van der Waals surface area contributed by atoms with Gasteiger partial charge in [0.1, 0.15) is 4.60 Å². The van der Waals surface area contributed by atoms with Crippen molar-refractivity contribution in [1.29, 1.82) is 0 Å². The Hall–Kier alpha value is -0.410. The summed E-state index contributed by atoms with van der Waals surface area (Å²) in [5, 5.41) is 0. The third kappa shape index (κ3) is 1.52. The molecule has 1 heterocycles. The van der Waals surface area contributed by atoms with E-state index in [9.17, 15) is 0 Å². The lowest BCUT2D eigenvalue weighted by molar-refractivity contribution is 0.796. The normalized spacial score (nSPS) is 27.2. The second-order valence-electron chi connectivity index (χ2n) is 3.22. The molecule has 1 aromatic rings. The molecule has 0 radical (unpaired) electrons. The smallest absolute Gasteiger partial charge is 0.106 e. The Kier molecular flexibility index (Phi) is 2.15. The summed E-state index contributed by atoms with van der Waals surface area (Å²) in [6.45, 7) is 0.791. The summed E-state index contributed by atoms with van der Waals surface area (Å²) in [5.41, 5.74) is 6.74. The predicted octanol–water partition coefficient (Wildman–Crippen LogP) is 1.91. The van der Waals surface area contributed by atoms with E-state index in [0.29, 0.717) is 11.8 Å². The van der Waals surface area contributed by atoms with Crippen LogP contribution in [0, 0.1) is 5.92 Å². The van der Waals surface area contributed by atoms with E-state index in [-0.39, 0.29) is 0 Å². The third-order valence-corrected chi connectivity index (χ3v) is 2.78. The van der Waals surface area contributed by atoms with Crippen molar-refractivity contribution < 1.29 is 0 Å². The summed E-state index contributed by atoms with van der Waals surface area (Å²) < 4.78 is 0.919. The van der Waals surface area contributed by atoms with Crippen LogP contribution < -0.4 is 5.73 Å². The quantitative estimate of drug-likeness (QED) is 0.783. The minimum Gasteiger partial charge on any atom is -0.330 e. The molecule has 1 aromatic heterocycles. The summed E-state index contributed by atoms with van der Waals surface area (Å²) >= 11 is 3.36. The van der Waals surface area contributed by atoms with Crippen LogP contribution in [0.4, 0.5) is 0 Å². The average Bonchev–Trinajstić information content (AvgIpc) is 2.83. The van der Waals surface area contributed by atoms with Gasteiger partial charge in [-0.15, -0.1) is 0 Å². The molecule has 0 unspecified atom stereocenters. The number of halogens is 1. The van der Waals surface area contributed by atoms with E-state index in [0.717, 1.165) is 11.1 Å². The zero-order valence-corrected chi connectivity index (χ0v) is 8.29. The Morgan fingerprint density at radius 2 is 2.42 bits per heavy atom. The number of rotatable bonds is 2. The highest BCUT2D eigenvalue weighted by molar-refractivity contribution is 9.10. The Bertz CT molecular complexity index is 288. The van der Waals surface area contributed by atoms with E-state index in [1.54, 1.807) is 0 Å². The zero-order valence-electron chi connectivity index (χ0n) is 6.70. The fraction of sp³-hybridized carbons (Fsp3) is 0.444. The van der Waals surface area contributed by atoms with Crippen LogP contribution in [-0.2, 0) is 0 Å². The Labute approximate surface area is 80.3 Å². The zero-order chi connectivity index (χ0) is 8.55. The highest BCUT2D eigenvalue weighted by atomic mass is 79.9. The Morgan fingerprint density at radius 3 is 3.00 bits per heavy atom. The average molecular weight is 227 g/mol. The molecule has 64 valence electrons. The highest BCUT2D eigenvalue weighted by Gasteiger charge is 2.37. The van der Waals surface area contributed by atoms with Gasteiger partial charge in [-0.05, 0) is 46.9 Å². The van der Waals surface area contributed by atoms with E-state index in [4.69, 9.17) is 5.73 Å². The fourth-order valence-electron chi connectivity index (χ4n) is 1.50. The molecule has 3 heteroatoms. The van der Waals surface area contributed by atoms with Crippen LogP contribution in [0.15, 0.2) is 22.8 Å². The first-order valence-electron chi connectivity index (χ1n) is 4.14. The van der Waals surface area contributed by atoms with Gasteiger partial charge in [0.15, 0.2) is 0 Å². The van der Waals surface area contributed by atoms with Gasteiger partial charge < -0.3 is 5.73 Å². The molecule has 0 saturated heterocycles. The molecular formula is C9H11BrN2. The molecule has 1 saturated carbocycles. The molecule has 2 N–H and O–H groups in total. The van der Waals surface area contributed by atoms with Gasteiger partial charge in [-0.25, -0.2) is 4.98 Å². The van der Waals surface area contributed by atoms with Crippen molar-refractivity contribution in [2.45, 2.75) is 12.3 Å². The van der Waals surface area contributed by atoms with E-state index in [2.05, 4.69) is 27.0 Å². The topological polar surface area (TPSA) is 38.9 Å². The van der Waals surface area contributed by atoms with Gasteiger partial charge in [0, 0.05) is 11.6 Å². The van der Waals surface area contributed by atoms with Crippen LogP contribution in [0.2, 0.25) is 0 Å². The summed E-state index contributed by atoms with van der Waals surface area (Å²) in [5.74, 6) is 1.29. The van der Waals surface area contributed by atoms with Crippen LogP contribution in [0.25, 0.3) is 0 Å². The second kappa shape index (κ2) is 3.15. The number of hydrogen-bond acceptors (Lipinski definition) is 2. The number of hydrogen-bond donors (Lipinski definition) is 1. The van der Waals surface area contributed by atoms with E-state index >= 15 is 0 Å². The number of nitrogens with zero attached hydrogens (tertiary/aromatic N) is 1. The maximum Gasteiger partial charge on any atom is 0.106 e. The molecular weight excluding hydrogens is 216 g/mol. The maximum absolute atomic E-state index is 5.56. The molecule has 1 fully saturated rings. The first kappa shape index (κ1) is 8.20. The van der Waals surface area contributed by atoms with Gasteiger partial charge in [0.2, 0.25) is 0 Å². The highest BCUT2D eigenvalue weighted by Crippen LogP contribution is 2.45. The molecule has 2 atom stereocenters. The summed E-state index contributed by atoms with van der Waals surface area (Å²) in [6, 6.07) is 6.05. The van der Waals surface area contributed by atoms with Crippen molar-refractivity contribution in [2.75, 3.05) is 6.54 Å². The van der Waals surface area contributed by atoms with Gasteiger partial charge in [0.25, 0.3) is 0 Å². The van der Waals surface area contributed by atoms with Crippen LogP contribution in [0.5, 0.6) is 0 Å². The Balaban J connectivity index is 2.14. The monoisotopic (exact) mass is 226 g/mol. The minimum atomic E-state index is 0.618. The predicted molar refractivity (Wildman–Crippen MR) is 51.8 cm³/mol. The van der Waals surface area contributed by atoms with Crippen molar-refractivity contribution in [2.24, 2.45) is 11.7 Å². The maximum atomic E-state index is 5.56. The van der Waals surface area contributed by atoms with E-state index in [1.807, 2.05) is 12.1 Å². The van der Waals surface area contributed by atoms with Crippen molar-refractivity contribution in [3.05, 3.63) is 28.5 Å². The molecule has 2 nitrogen and oxygen atoms in total. The van der Waals surface area contributed by atoms with Crippen molar-refractivity contribution >= 4 is 15.9 Å². The number of nitrogens with two attached hydrogens (primary N) is 1. The second-order valence-corrected chi connectivity index (χ2v) is 4.04. The molecule has 0 bridgehead atoms. The molecule has 0 aromatic carbocycles. The van der Waals surface area contributed by atoms with Crippen molar-refractivity contribution in [1.82, 2.24) is 4.98 Å². The number of aromatic nitrogens is 1. The third-order valence-electron chi connectivity index (χ3n) is 2.34. The van der Waals surface area contributed by atoms with Crippen molar-refractivity contribution in [3.8, 4) is 0 Å². The van der Waals surface area contributed by atoms with Crippen molar-refractivity contribution in [3.63, 3.8) is 0 Å². The first-order valence-corrected chi connectivity index (χ1v) is 4.93. The first-order chi connectivity index (χ1) is 5.81. The summed E-state index contributed by atoms with van der Waals surface area (Å²) in [7, 11) is 0. The van der Waals surface area contributed by atoms with Crippen LogP contribution in [0.1, 0.15) is 18.0 Å². The van der Waals surface area contributed by atoms with Gasteiger partial charge in [-0.3, -0.25) is 0 Å². The fourth-order valence-corrected chi connectivity index (χ4v) is 1.86. The minimum absolute atomic E-state index is 0.618. The van der Waals surface area contributed by atoms with Gasteiger partial charge >= 0.3 is 0 Å². The lowest BCUT2D eigenvalue weighted by Crippen LogP contribution is -2.02. The van der Waals surface area contributed by atoms with Gasteiger partial charge in [0.05, 0.1) is 0 Å².